The van der Waals surface area contributed by atoms with Crippen molar-refractivity contribution in [2.45, 2.75) is 13.5 Å². The first kappa shape index (κ1) is 30.5. The molecule has 0 aliphatic rings. The zero-order valence-corrected chi connectivity index (χ0v) is 23.1. The molecule has 0 spiro atoms. The van der Waals surface area contributed by atoms with Crippen LogP contribution >= 0.6 is 0 Å². The number of carbonyl (C=O) groups is 2. The maximum Gasteiger partial charge on any atom is 0.341 e. The Labute approximate surface area is 236 Å². The van der Waals surface area contributed by atoms with E-state index in [1.165, 1.54) is 12.1 Å². The van der Waals surface area contributed by atoms with E-state index in [1.807, 2.05) is 0 Å². The van der Waals surface area contributed by atoms with Crippen LogP contribution < -0.4 is 41.0 Å². The fourth-order valence-corrected chi connectivity index (χ4v) is 4.19. The number of amides is 1. The van der Waals surface area contributed by atoms with Gasteiger partial charge in [-0.2, -0.15) is 8.42 Å². The number of anilines is 4. The molecule has 0 saturated heterocycles. The van der Waals surface area contributed by atoms with Crippen molar-refractivity contribution in [2.75, 3.05) is 40.9 Å². The largest absolute Gasteiger partial charge is 0.490 e. The lowest BCUT2D eigenvalue weighted by atomic mass is 10.1. The number of nitrogens with one attached hydrogen (secondary N) is 5. The number of aliphatic carboxylic acids is 1. The molecular formula is C26H31N7O7S. The molecular weight excluding hydrogens is 554 g/mol. The summed E-state index contributed by atoms with van der Waals surface area (Å²) in [5.74, 6) is -1.60. The highest BCUT2D eigenvalue weighted by Crippen LogP contribution is 2.36. The number of carboxylic acid groups (broad SMARTS) is 1. The van der Waals surface area contributed by atoms with E-state index in [0.717, 1.165) is 0 Å². The summed E-state index contributed by atoms with van der Waals surface area (Å²) in [6.07, 6.45) is 0. The summed E-state index contributed by atoms with van der Waals surface area (Å²) in [7, 11) is -2.43. The SMILES string of the molecule is CCOc1cc(NS(N)(=O)=O)cc(CNc2ccc(NC)cc2C(=O)Nc2ccc(C(=N)N)cc2)c1OCC(=O)O. The van der Waals surface area contributed by atoms with Crippen LogP contribution in [0.2, 0.25) is 0 Å². The monoisotopic (exact) mass is 585 g/mol. The fraction of sp³-hybridized carbons (Fsp3) is 0.192. The molecule has 0 bridgehead atoms. The number of carbonyl (C=O) groups excluding carboxylic acids is 1. The Balaban J connectivity index is 1.97. The van der Waals surface area contributed by atoms with Crippen molar-refractivity contribution in [3.63, 3.8) is 0 Å². The zero-order valence-electron chi connectivity index (χ0n) is 22.3. The average Bonchev–Trinajstić information content (AvgIpc) is 2.90. The number of hydrogen-bond acceptors (Lipinski definition) is 9. The molecule has 14 nitrogen and oxygen atoms in total. The molecule has 0 aliphatic carbocycles. The average molecular weight is 586 g/mol. The van der Waals surface area contributed by atoms with Gasteiger partial charge in [0.05, 0.1) is 17.9 Å². The summed E-state index contributed by atoms with van der Waals surface area (Å²) >= 11 is 0. The second kappa shape index (κ2) is 13.4. The van der Waals surface area contributed by atoms with Crippen LogP contribution in [0.25, 0.3) is 0 Å². The van der Waals surface area contributed by atoms with Crippen LogP contribution in [-0.4, -0.2) is 51.5 Å². The van der Waals surface area contributed by atoms with E-state index < -0.39 is 28.7 Å². The van der Waals surface area contributed by atoms with Crippen LogP contribution in [0.4, 0.5) is 22.7 Å². The quantitative estimate of drug-likeness (QED) is 0.102. The molecule has 0 saturated carbocycles. The molecule has 3 aromatic rings. The number of benzene rings is 3. The molecule has 0 fully saturated rings. The summed E-state index contributed by atoms with van der Waals surface area (Å²) in [4.78, 5) is 24.5. The second-order valence-electron chi connectivity index (χ2n) is 8.53. The lowest BCUT2D eigenvalue weighted by molar-refractivity contribution is -0.139. The first-order valence-electron chi connectivity index (χ1n) is 12.2. The zero-order chi connectivity index (χ0) is 30.2. The summed E-state index contributed by atoms with van der Waals surface area (Å²) in [6, 6.07) is 14.2. The smallest absolute Gasteiger partial charge is 0.341 e. The van der Waals surface area contributed by atoms with Crippen LogP contribution in [0, 0.1) is 5.41 Å². The second-order valence-corrected chi connectivity index (χ2v) is 9.83. The topological polar surface area (TPSA) is 231 Å². The van der Waals surface area contributed by atoms with Gasteiger partial charge in [-0.15, -0.1) is 0 Å². The third-order valence-corrected chi connectivity index (χ3v) is 6.03. The molecule has 0 atom stereocenters. The third-order valence-electron chi connectivity index (χ3n) is 5.51. The lowest BCUT2D eigenvalue weighted by Crippen LogP contribution is -2.22. The van der Waals surface area contributed by atoms with E-state index in [-0.39, 0.29) is 41.7 Å². The number of nitrogen functional groups attached to an aromatic ring is 1. The van der Waals surface area contributed by atoms with Gasteiger partial charge in [-0.25, -0.2) is 9.93 Å². The molecule has 0 aliphatic heterocycles. The molecule has 0 heterocycles. The van der Waals surface area contributed by atoms with Gasteiger partial charge in [0.15, 0.2) is 18.1 Å². The van der Waals surface area contributed by atoms with E-state index in [0.29, 0.717) is 28.2 Å². The summed E-state index contributed by atoms with van der Waals surface area (Å²) < 4.78 is 36.6. The highest BCUT2D eigenvalue weighted by atomic mass is 32.2. The minimum Gasteiger partial charge on any atom is -0.490 e. The van der Waals surface area contributed by atoms with Crippen molar-refractivity contribution < 1.29 is 32.6 Å². The van der Waals surface area contributed by atoms with Gasteiger partial charge in [0.2, 0.25) is 0 Å². The standard InChI is InChI=1S/C26H31N7O7S/c1-3-39-22-12-19(33-41(29,37)38)10-16(24(22)40-14-23(34)35)13-31-21-9-8-18(30-2)11-20(21)26(36)32-17-6-4-15(5-7-17)25(27)28/h4-12,30-31,33H,3,13-14H2,1-2H3,(H3,27,28)(H,32,36)(H,34,35)(H2,29,37,38). The van der Waals surface area contributed by atoms with Gasteiger partial charge in [-0.05, 0) is 55.5 Å². The highest BCUT2D eigenvalue weighted by molar-refractivity contribution is 7.90. The summed E-state index contributed by atoms with van der Waals surface area (Å²) in [6.45, 7) is 1.17. The van der Waals surface area contributed by atoms with Crippen molar-refractivity contribution in [3.8, 4) is 11.5 Å². The Hall–Kier alpha value is -5.02. The molecule has 41 heavy (non-hydrogen) atoms. The first-order chi connectivity index (χ1) is 19.4. The van der Waals surface area contributed by atoms with E-state index >= 15 is 0 Å². The van der Waals surface area contributed by atoms with Crippen molar-refractivity contribution >= 4 is 50.7 Å². The molecule has 0 unspecified atom stereocenters. The predicted molar refractivity (Wildman–Crippen MR) is 156 cm³/mol. The highest BCUT2D eigenvalue weighted by Gasteiger charge is 2.19. The van der Waals surface area contributed by atoms with Gasteiger partial charge in [0.1, 0.15) is 5.84 Å². The Bertz CT molecular complexity index is 1540. The molecule has 10 N–H and O–H groups in total. The normalized spacial score (nSPS) is 10.8. The van der Waals surface area contributed by atoms with E-state index in [9.17, 15) is 18.0 Å². The van der Waals surface area contributed by atoms with E-state index in [1.54, 1.807) is 56.4 Å². The fourth-order valence-electron chi connectivity index (χ4n) is 3.74. The van der Waals surface area contributed by atoms with Crippen LogP contribution in [-0.2, 0) is 21.5 Å². The van der Waals surface area contributed by atoms with Crippen LogP contribution in [0.15, 0.2) is 54.6 Å². The molecule has 3 rings (SSSR count). The molecule has 0 radical (unpaired) electrons. The van der Waals surface area contributed by atoms with Crippen molar-refractivity contribution in [2.24, 2.45) is 10.9 Å². The van der Waals surface area contributed by atoms with Crippen molar-refractivity contribution in [3.05, 3.63) is 71.3 Å². The minimum atomic E-state index is -4.13. The number of ether oxygens (including phenoxy) is 2. The number of rotatable bonds is 14. The van der Waals surface area contributed by atoms with Gasteiger partial charge >= 0.3 is 5.97 Å². The third kappa shape index (κ3) is 8.74. The lowest BCUT2D eigenvalue weighted by Gasteiger charge is -2.19. The summed E-state index contributed by atoms with van der Waals surface area (Å²) in [5, 5.41) is 30.7. The van der Waals surface area contributed by atoms with Gasteiger partial charge in [-0.3, -0.25) is 14.9 Å². The summed E-state index contributed by atoms with van der Waals surface area (Å²) in [5.41, 5.74) is 8.21. The number of amidine groups is 1. The minimum absolute atomic E-state index is 0.0261. The Morgan fingerprint density at radius 1 is 1.00 bits per heavy atom. The van der Waals surface area contributed by atoms with E-state index in [2.05, 4.69) is 20.7 Å². The number of nitrogens with two attached hydrogens (primary N) is 2. The predicted octanol–water partition coefficient (Wildman–Crippen LogP) is 2.35. The van der Waals surface area contributed by atoms with Crippen molar-refractivity contribution in [1.29, 1.82) is 5.41 Å². The molecule has 3 aromatic carbocycles. The van der Waals surface area contributed by atoms with Crippen LogP contribution in [0.1, 0.15) is 28.4 Å². The van der Waals surface area contributed by atoms with Crippen LogP contribution in [0.3, 0.4) is 0 Å². The number of hydrogen-bond donors (Lipinski definition) is 8. The Kier molecular flexibility index (Phi) is 9.95. The maximum absolute atomic E-state index is 13.3. The van der Waals surface area contributed by atoms with Gasteiger partial charge < -0.3 is 36.3 Å². The van der Waals surface area contributed by atoms with Gasteiger partial charge in [0, 0.05) is 47.8 Å². The molecule has 15 heteroatoms. The van der Waals surface area contributed by atoms with Crippen LogP contribution in [0.5, 0.6) is 11.5 Å². The molecule has 1 amide bonds. The van der Waals surface area contributed by atoms with Crippen molar-refractivity contribution in [1.82, 2.24) is 0 Å². The Morgan fingerprint density at radius 3 is 2.27 bits per heavy atom. The first-order valence-corrected chi connectivity index (χ1v) is 13.7. The molecule has 218 valence electrons. The maximum atomic E-state index is 13.3. The Morgan fingerprint density at radius 2 is 1.68 bits per heavy atom. The number of carboxylic acids is 1. The van der Waals surface area contributed by atoms with E-state index in [4.69, 9.17) is 30.9 Å². The van der Waals surface area contributed by atoms with Gasteiger partial charge in [-0.1, -0.05) is 0 Å². The molecule has 0 aromatic heterocycles. The van der Waals surface area contributed by atoms with Gasteiger partial charge in [0.25, 0.3) is 16.1 Å².